The molecule has 1 aromatic rings. The predicted molar refractivity (Wildman–Crippen MR) is 88.2 cm³/mol. The van der Waals surface area contributed by atoms with E-state index in [1.807, 2.05) is 6.92 Å². The SMILES string of the molecule is C[C@@H](CNC(=O)NC[C@H](C)c1ccsc1)CC1(C)OCCO1. The van der Waals surface area contributed by atoms with Gasteiger partial charge in [-0.2, -0.15) is 11.3 Å². The van der Waals surface area contributed by atoms with E-state index in [0.717, 1.165) is 6.42 Å². The molecule has 2 heterocycles. The summed E-state index contributed by atoms with van der Waals surface area (Å²) < 4.78 is 11.2. The minimum Gasteiger partial charge on any atom is -0.348 e. The largest absolute Gasteiger partial charge is 0.348 e. The van der Waals surface area contributed by atoms with Gasteiger partial charge >= 0.3 is 6.03 Å². The van der Waals surface area contributed by atoms with Crippen LogP contribution in [0.5, 0.6) is 0 Å². The molecule has 0 unspecified atom stereocenters. The van der Waals surface area contributed by atoms with Crippen molar-refractivity contribution in [3.8, 4) is 0 Å². The summed E-state index contributed by atoms with van der Waals surface area (Å²) in [6, 6.07) is 1.98. The smallest absolute Gasteiger partial charge is 0.314 e. The molecule has 1 saturated heterocycles. The number of hydrogen-bond acceptors (Lipinski definition) is 4. The monoisotopic (exact) mass is 326 g/mol. The van der Waals surface area contributed by atoms with Gasteiger partial charge in [-0.15, -0.1) is 0 Å². The molecule has 124 valence electrons. The van der Waals surface area contributed by atoms with Crippen LogP contribution in [-0.2, 0) is 9.47 Å². The van der Waals surface area contributed by atoms with Crippen LogP contribution in [0.3, 0.4) is 0 Å². The lowest BCUT2D eigenvalue weighted by atomic mass is 10.0. The summed E-state index contributed by atoms with van der Waals surface area (Å²) in [6.07, 6.45) is 0.776. The van der Waals surface area contributed by atoms with E-state index in [0.29, 0.717) is 38.1 Å². The van der Waals surface area contributed by atoms with E-state index in [9.17, 15) is 4.79 Å². The van der Waals surface area contributed by atoms with Crippen molar-refractivity contribution in [3.63, 3.8) is 0 Å². The Kier molecular flexibility index (Phi) is 6.23. The van der Waals surface area contributed by atoms with Crippen LogP contribution in [0.2, 0.25) is 0 Å². The minimum atomic E-state index is -0.495. The highest BCUT2D eigenvalue weighted by molar-refractivity contribution is 7.07. The molecule has 2 amide bonds. The van der Waals surface area contributed by atoms with Gasteiger partial charge in [0, 0.05) is 19.5 Å². The molecule has 0 aromatic carbocycles. The Morgan fingerprint density at radius 2 is 2.00 bits per heavy atom. The lowest BCUT2D eigenvalue weighted by Gasteiger charge is -2.26. The van der Waals surface area contributed by atoms with Crippen molar-refractivity contribution in [2.75, 3.05) is 26.3 Å². The molecule has 2 N–H and O–H groups in total. The van der Waals surface area contributed by atoms with Gasteiger partial charge in [-0.05, 0) is 41.1 Å². The first-order valence-electron chi connectivity index (χ1n) is 7.80. The second-order valence-electron chi connectivity index (χ2n) is 6.19. The Bertz CT molecular complexity index is 458. The maximum absolute atomic E-state index is 11.9. The average molecular weight is 326 g/mol. The lowest BCUT2D eigenvalue weighted by molar-refractivity contribution is -0.153. The van der Waals surface area contributed by atoms with Crippen molar-refractivity contribution < 1.29 is 14.3 Å². The summed E-state index contributed by atoms with van der Waals surface area (Å²) in [6.45, 7) is 8.71. The van der Waals surface area contributed by atoms with Crippen molar-refractivity contribution in [1.29, 1.82) is 0 Å². The van der Waals surface area contributed by atoms with Crippen LogP contribution < -0.4 is 10.6 Å². The van der Waals surface area contributed by atoms with Crippen LogP contribution in [0.4, 0.5) is 4.79 Å². The Hall–Kier alpha value is -1.11. The number of carbonyl (C=O) groups excluding carboxylic acids is 1. The van der Waals surface area contributed by atoms with E-state index in [-0.39, 0.29) is 6.03 Å². The van der Waals surface area contributed by atoms with Gasteiger partial charge in [0.15, 0.2) is 5.79 Å². The standard InChI is InChI=1S/C16H26N2O3S/c1-12(8-16(3)20-5-6-21-16)9-17-15(19)18-10-13(2)14-4-7-22-11-14/h4,7,11-13H,5-6,8-10H2,1-3H3,(H2,17,18,19)/t12-,13+/m1/s1. The second-order valence-corrected chi connectivity index (χ2v) is 6.97. The molecule has 0 radical (unpaired) electrons. The maximum Gasteiger partial charge on any atom is 0.314 e. The third-order valence-corrected chi connectivity index (χ3v) is 4.61. The molecular formula is C16H26N2O3S. The van der Waals surface area contributed by atoms with Gasteiger partial charge in [0.05, 0.1) is 13.2 Å². The molecule has 0 bridgehead atoms. The van der Waals surface area contributed by atoms with Crippen molar-refractivity contribution in [2.24, 2.45) is 5.92 Å². The highest BCUT2D eigenvalue weighted by Crippen LogP contribution is 2.26. The van der Waals surface area contributed by atoms with Gasteiger partial charge in [-0.3, -0.25) is 0 Å². The van der Waals surface area contributed by atoms with Gasteiger partial charge in [-0.25, -0.2) is 4.79 Å². The summed E-state index contributed by atoms with van der Waals surface area (Å²) in [4.78, 5) is 11.9. The number of nitrogens with one attached hydrogen (secondary N) is 2. The number of urea groups is 1. The molecule has 5 nitrogen and oxygen atoms in total. The Morgan fingerprint density at radius 1 is 1.32 bits per heavy atom. The van der Waals surface area contributed by atoms with Crippen LogP contribution in [0.15, 0.2) is 16.8 Å². The van der Waals surface area contributed by atoms with Crippen molar-refractivity contribution >= 4 is 17.4 Å². The Balaban J connectivity index is 1.62. The van der Waals surface area contributed by atoms with Crippen LogP contribution >= 0.6 is 11.3 Å². The number of thiophene rings is 1. The van der Waals surface area contributed by atoms with Gasteiger partial charge in [0.25, 0.3) is 0 Å². The first-order valence-corrected chi connectivity index (χ1v) is 8.74. The molecule has 0 spiro atoms. The summed E-state index contributed by atoms with van der Waals surface area (Å²) in [5.74, 6) is 0.127. The maximum atomic E-state index is 11.9. The zero-order valence-electron chi connectivity index (χ0n) is 13.6. The van der Waals surface area contributed by atoms with Gasteiger partial charge in [0.2, 0.25) is 0 Å². The molecule has 0 saturated carbocycles. The summed E-state index contributed by atoms with van der Waals surface area (Å²) in [7, 11) is 0. The van der Waals surface area contributed by atoms with E-state index in [4.69, 9.17) is 9.47 Å². The number of ether oxygens (including phenoxy) is 2. The molecule has 6 heteroatoms. The molecule has 22 heavy (non-hydrogen) atoms. The van der Waals surface area contributed by atoms with E-state index >= 15 is 0 Å². The third kappa shape index (κ3) is 5.26. The molecule has 1 aliphatic rings. The van der Waals surface area contributed by atoms with Crippen LogP contribution in [0, 0.1) is 5.92 Å². The van der Waals surface area contributed by atoms with Gasteiger partial charge in [-0.1, -0.05) is 13.8 Å². The van der Waals surface area contributed by atoms with Crippen molar-refractivity contribution in [3.05, 3.63) is 22.4 Å². The highest BCUT2D eigenvalue weighted by atomic mass is 32.1. The lowest BCUT2D eigenvalue weighted by Crippen LogP contribution is -2.40. The second kappa shape index (κ2) is 7.94. The molecule has 1 fully saturated rings. The van der Waals surface area contributed by atoms with Crippen LogP contribution in [0.1, 0.15) is 38.7 Å². The van der Waals surface area contributed by atoms with E-state index < -0.39 is 5.79 Å². The molecule has 1 aromatic heterocycles. The number of carbonyl (C=O) groups is 1. The fourth-order valence-corrected chi connectivity index (χ4v) is 3.41. The first kappa shape index (κ1) is 17.2. The fourth-order valence-electron chi connectivity index (χ4n) is 2.63. The molecular weight excluding hydrogens is 300 g/mol. The molecule has 0 aliphatic carbocycles. The van der Waals surface area contributed by atoms with Crippen LogP contribution in [-0.4, -0.2) is 38.1 Å². The normalized spacial score (nSPS) is 19.6. The predicted octanol–water partition coefficient (Wildman–Crippen LogP) is 2.94. The summed E-state index contributed by atoms with van der Waals surface area (Å²) >= 11 is 1.68. The van der Waals surface area contributed by atoms with Gasteiger partial charge in [0.1, 0.15) is 0 Å². The summed E-state index contributed by atoms with van der Waals surface area (Å²) in [5, 5.41) is 10.0. The number of hydrogen-bond donors (Lipinski definition) is 2. The molecule has 2 rings (SSSR count). The Morgan fingerprint density at radius 3 is 2.64 bits per heavy atom. The van der Waals surface area contributed by atoms with Crippen molar-refractivity contribution in [2.45, 2.75) is 38.9 Å². The van der Waals surface area contributed by atoms with Crippen LogP contribution in [0.25, 0.3) is 0 Å². The number of rotatable bonds is 7. The van der Waals surface area contributed by atoms with E-state index in [1.54, 1.807) is 11.3 Å². The quantitative estimate of drug-likeness (QED) is 0.810. The first-order chi connectivity index (χ1) is 10.5. The summed E-state index contributed by atoms with van der Waals surface area (Å²) in [5.41, 5.74) is 1.27. The van der Waals surface area contributed by atoms with Gasteiger partial charge < -0.3 is 20.1 Å². The van der Waals surface area contributed by atoms with E-state index in [2.05, 4.69) is 41.3 Å². The van der Waals surface area contributed by atoms with E-state index in [1.165, 1.54) is 5.56 Å². The zero-order chi connectivity index (χ0) is 16.0. The van der Waals surface area contributed by atoms with Crippen molar-refractivity contribution in [1.82, 2.24) is 10.6 Å². The minimum absolute atomic E-state index is 0.118. The highest BCUT2D eigenvalue weighted by Gasteiger charge is 2.32. The molecule has 1 aliphatic heterocycles. The average Bonchev–Trinajstić information content (AvgIpc) is 3.14. The molecule has 2 atom stereocenters. The zero-order valence-corrected chi connectivity index (χ0v) is 14.4. The third-order valence-electron chi connectivity index (χ3n) is 3.91. The Labute approximate surface area is 136 Å². The topological polar surface area (TPSA) is 59.6 Å². The number of amides is 2. The fraction of sp³-hybridized carbons (Fsp3) is 0.688.